The number of hydrogen-bond donors (Lipinski definition) is 2. The molecule has 0 saturated carbocycles. The van der Waals surface area contributed by atoms with E-state index in [0.29, 0.717) is 25.4 Å². The third-order valence-corrected chi connectivity index (χ3v) is 6.73. The SMILES string of the molecule is CC1C[C@@H](OC(O)N2Cc3cccc(/C=C/CCC(C)(C)COC(=O)NCC=O)c3C2)CN1C. The van der Waals surface area contributed by atoms with Gasteiger partial charge in [0.25, 0.3) is 0 Å². The number of carbonyl (C=O) groups excluding carboxylic acids is 2. The van der Waals surface area contributed by atoms with Crippen LogP contribution < -0.4 is 5.32 Å². The summed E-state index contributed by atoms with van der Waals surface area (Å²) in [7, 11) is 2.09. The normalized spacial score (nSPS) is 22.1. The van der Waals surface area contributed by atoms with Crippen LogP contribution in [-0.2, 0) is 27.4 Å². The van der Waals surface area contributed by atoms with E-state index in [9.17, 15) is 14.7 Å². The van der Waals surface area contributed by atoms with Crippen LogP contribution in [0.5, 0.6) is 0 Å². The molecule has 0 aromatic heterocycles. The van der Waals surface area contributed by atoms with E-state index in [1.165, 1.54) is 11.1 Å². The van der Waals surface area contributed by atoms with Gasteiger partial charge >= 0.3 is 6.09 Å². The van der Waals surface area contributed by atoms with E-state index in [0.717, 1.165) is 31.4 Å². The van der Waals surface area contributed by atoms with Crippen LogP contribution in [0, 0.1) is 5.41 Å². The lowest BCUT2D eigenvalue weighted by atomic mass is 9.88. The highest BCUT2D eigenvalue weighted by Crippen LogP contribution is 2.30. The summed E-state index contributed by atoms with van der Waals surface area (Å²) >= 11 is 0. The molecular formula is C26H39N3O5. The summed E-state index contributed by atoms with van der Waals surface area (Å²) in [5, 5.41) is 13.1. The van der Waals surface area contributed by atoms with Gasteiger partial charge in [-0.2, -0.15) is 0 Å². The molecule has 1 aromatic carbocycles. The van der Waals surface area contributed by atoms with E-state index < -0.39 is 12.5 Å². The number of nitrogens with zero attached hydrogens (tertiary/aromatic N) is 2. The van der Waals surface area contributed by atoms with Crippen molar-refractivity contribution >= 4 is 18.5 Å². The maximum Gasteiger partial charge on any atom is 0.407 e. The zero-order valence-corrected chi connectivity index (χ0v) is 20.8. The first-order valence-electron chi connectivity index (χ1n) is 12.1. The fourth-order valence-electron chi connectivity index (χ4n) is 4.47. The minimum absolute atomic E-state index is 0.0406. The average molecular weight is 474 g/mol. The Hall–Kier alpha value is -2.26. The smallest absolute Gasteiger partial charge is 0.407 e. The minimum Gasteiger partial charge on any atom is -0.449 e. The number of ether oxygens (including phenoxy) is 2. The standard InChI is InChI=1S/C26H39N3O5/c1-19-14-22(16-28(19)4)34-25(32)29-15-21-10-7-9-20(23(21)17-29)8-5-6-11-26(2,3)18-33-24(31)27-12-13-30/h5,7-10,13,19,22,25,32H,6,11-12,14-18H2,1-4H3,(H,27,31)/b8-5+/t19?,22-,25?/m1/s1. The molecule has 8 heteroatoms. The summed E-state index contributed by atoms with van der Waals surface area (Å²) in [4.78, 5) is 26.1. The Bertz CT molecular complexity index is 862. The average Bonchev–Trinajstić information content (AvgIpc) is 3.37. The highest BCUT2D eigenvalue weighted by atomic mass is 16.6. The number of carbonyl (C=O) groups is 2. The second-order valence-electron chi connectivity index (χ2n) is 10.2. The second-order valence-corrected chi connectivity index (χ2v) is 10.2. The number of nitrogens with one attached hydrogen (secondary N) is 1. The summed E-state index contributed by atoms with van der Waals surface area (Å²) < 4.78 is 11.2. The third-order valence-electron chi connectivity index (χ3n) is 6.73. The lowest BCUT2D eigenvalue weighted by Gasteiger charge is -2.25. The first kappa shape index (κ1) is 26.3. The largest absolute Gasteiger partial charge is 0.449 e. The number of fused-ring (bicyclic) bond motifs is 1. The molecule has 2 aliphatic rings. The highest BCUT2D eigenvalue weighted by Gasteiger charge is 2.32. The molecule has 3 rings (SSSR count). The van der Waals surface area contributed by atoms with Crippen molar-refractivity contribution in [1.29, 1.82) is 0 Å². The molecule has 1 saturated heterocycles. The van der Waals surface area contributed by atoms with Crippen LogP contribution in [0.3, 0.4) is 0 Å². The van der Waals surface area contributed by atoms with E-state index >= 15 is 0 Å². The van der Waals surface area contributed by atoms with Gasteiger partial charge in [-0.25, -0.2) is 9.69 Å². The van der Waals surface area contributed by atoms with Crippen molar-refractivity contribution in [3.63, 3.8) is 0 Å². The maximum atomic E-state index is 11.5. The van der Waals surface area contributed by atoms with Crippen LogP contribution in [0.25, 0.3) is 6.08 Å². The summed E-state index contributed by atoms with van der Waals surface area (Å²) in [6, 6.07) is 6.74. The van der Waals surface area contributed by atoms with Gasteiger partial charge in [-0.3, -0.25) is 0 Å². The van der Waals surface area contributed by atoms with E-state index in [1.807, 2.05) is 4.90 Å². The molecule has 8 nitrogen and oxygen atoms in total. The molecule has 2 unspecified atom stereocenters. The number of hydrogen-bond acceptors (Lipinski definition) is 7. The lowest BCUT2D eigenvalue weighted by molar-refractivity contribution is -0.218. The van der Waals surface area contributed by atoms with Crippen LogP contribution in [0.15, 0.2) is 24.3 Å². The van der Waals surface area contributed by atoms with Crippen molar-refractivity contribution in [2.45, 2.75) is 71.7 Å². The zero-order chi connectivity index (χ0) is 24.7. The Kier molecular flexibility index (Phi) is 9.24. The van der Waals surface area contributed by atoms with Crippen molar-refractivity contribution in [2.75, 3.05) is 26.7 Å². The van der Waals surface area contributed by atoms with Crippen LogP contribution in [0.1, 0.15) is 56.7 Å². The number of aliphatic hydroxyl groups is 1. The van der Waals surface area contributed by atoms with Crippen LogP contribution in [0.2, 0.25) is 0 Å². The van der Waals surface area contributed by atoms with Crippen molar-refractivity contribution in [3.8, 4) is 0 Å². The van der Waals surface area contributed by atoms with Gasteiger partial charge < -0.3 is 29.6 Å². The number of rotatable bonds is 11. The van der Waals surface area contributed by atoms with Crippen molar-refractivity contribution in [1.82, 2.24) is 15.1 Å². The molecule has 1 fully saturated rings. The van der Waals surface area contributed by atoms with Gasteiger partial charge in [0, 0.05) is 25.7 Å². The van der Waals surface area contributed by atoms with Crippen molar-refractivity contribution < 1.29 is 24.2 Å². The number of benzene rings is 1. The van der Waals surface area contributed by atoms with Crippen molar-refractivity contribution in [2.24, 2.45) is 5.41 Å². The van der Waals surface area contributed by atoms with E-state index in [4.69, 9.17) is 9.47 Å². The van der Waals surface area contributed by atoms with Gasteiger partial charge in [-0.15, -0.1) is 0 Å². The number of alkyl carbamates (subject to hydrolysis) is 1. The third kappa shape index (κ3) is 7.37. The monoisotopic (exact) mass is 473 g/mol. The maximum absolute atomic E-state index is 11.5. The highest BCUT2D eigenvalue weighted by molar-refractivity contribution is 5.70. The number of likely N-dealkylation sites (N-methyl/N-ethyl adjacent to an activating group) is 1. The minimum atomic E-state index is -0.905. The Morgan fingerprint density at radius 1 is 1.35 bits per heavy atom. The molecule has 0 radical (unpaired) electrons. The molecule has 188 valence electrons. The van der Waals surface area contributed by atoms with Gasteiger partial charge in [-0.1, -0.05) is 44.2 Å². The quantitative estimate of drug-likeness (QED) is 0.377. The molecule has 2 heterocycles. The van der Waals surface area contributed by atoms with Crippen LogP contribution >= 0.6 is 0 Å². The van der Waals surface area contributed by atoms with E-state index in [-0.39, 0.29) is 24.7 Å². The zero-order valence-electron chi connectivity index (χ0n) is 20.8. The molecule has 1 aromatic rings. The van der Waals surface area contributed by atoms with Crippen LogP contribution in [-0.4, -0.2) is 72.6 Å². The molecule has 34 heavy (non-hydrogen) atoms. The van der Waals surface area contributed by atoms with Crippen LogP contribution in [0.4, 0.5) is 4.79 Å². The summed E-state index contributed by atoms with van der Waals surface area (Å²) in [5.41, 5.74) is 3.43. The summed E-state index contributed by atoms with van der Waals surface area (Å²) in [5.74, 6) is 0. The molecule has 0 bridgehead atoms. The number of amides is 1. The number of aldehydes is 1. The molecular weight excluding hydrogens is 434 g/mol. The van der Waals surface area contributed by atoms with Gasteiger partial charge in [0.1, 0.15) is 6.29 Å². The van der Waals surface area contributed by atoms with Gasteiger partial charge in [0.05, 0.1) is 19.3 Å². The van der Waals surface area contributed by atoms with E-state index in [1.54, 1.807) is 0 Å². The number of allylic oxidation sites excluding steroid dienone is 1. The second kappa shape index (κ2) is 11.9. The molecule has 0 aliphatic carbocycles. The lowest BCUT2D eigenvalue weighted by Crippen LogP contribution is -2.36. The summed E-state index contributed by atoms with van der Waals surface area (Å²) in [6.45, 7) is 8.71. The molecule has 2 aliphatic heterocycles. The van der Waals surface area contributed by atoms with Gasteiger partial charge in [0.15, 0.2) is 0 Å². The molecule has 2 N–H and O–H groups in total. The predicted molar refractivity (Wildman–Crippen MR) is 131 cm³/mol. The molecule has 0 spiro atoms. The Labute approximate surface area is 202 Å². The Balaban J connectivity index is 1.48. The van der Waals surface area contributed by atoms with E-state index in [2.05, 4.69) is 68.4 Å². The fourth-order valence-corrected chi connectivity index (χ4v) is 4.47. The number of likely N-dealkylation sites (tertiary alicyclic amines) is 1. The predicted octanol–water partition coefficient (Wildman–Crippen LogP) is 3.13. The van der Waals surface area contributed by atoms with Gasteiger partial charge in [0.2, 0.25) is 6.41 Å². The first-order chi connectivity index (χ1) is 16.2. The summed E-state index contributed by atoms with van der Waals surface area (Å²) in [6.07, 6.45) is 6.13. The first-order valence-corrected chi connectivity index (χ1v) is 12.1. The molecule has 1 amide bonds. The van der Waals surface area contributed by atoms with Gasteiger partial charge in [-0.05, 0) is 55.3 Å². The number of aliphatic hydroxyl groups excluding tert-OH is 1. The fraction of sp³-hybridized carbons (Fsp3) is 0.615. The van der Waals surface area contributed by atoms with Crippen molar-refractivity contribution in [3.05, 3.63) is 41.0 Å². The Morgan fingerprint density at radius 3 is 2.85 bits per heavy atom. The topological polar surface area (TPSA) is 91.3 Å². The molecule has 3 atom stereocenters. The Morgan fingerprint density at radius 2 is 2.15 bits per heavy atom.